The van der Waals surface area contributed by atoms with Gasteiger partial charge in [-0.1, -0.05) is 120 Å². The predicted molar refractivity (Wildman–Crippen MR) is 255 cm³/mol. The lowest BCUT2D eigenvalue weighted by molar-refractivity contribution is -0.462. The number of hydrogen-bond acceptors (Lipinski definition) is 8. The summed E-state index contributed by atoms with van der Waals surface area (Å²) in [5, 5.41) is 20.1. The first kappa shape index (κ1) is 46.0. The van der Waals surface area contributed by atoms with Crippen molar-refractivity contribution in [1.82, 2.24) is 0 Å². The summed E-state index contributed by atoms with van der Waals surface area (Å²) in [4.78, 5) is 4.64. The molecule has 0 N–H and O–H groups in total. The number of benzene rings is 4. The molecule has 0 saturated heterocycles. The third kappa shape index (κ3) is 14.9. The summed E-state index contributed by atoms with van der Waals surface area (Å²) in [6.45, 7) is 0. The van der Waals surface area contributed by atoms with Crippen LogP contribution in [-0.4, -0.2) is 56.2 Å². The molecule has 0 radical (unpaired) electrons. The number of allylic oxidation sites excluding steroid dienone is 16. The molecule has 0 unspecified atom stereocenters. The third-order valence-electron chi connectivity index (χ3n) is 8.78. The Balaban J connectivity index is 0.000000191. The predicted octanol–water partition coefficient (Wildman–Crippen LogP) is 10.5. The van der Waals surface area contributed by atoms with Crippen LogP contribution in [0.25, 0.3) is 0 Å². The Kier molecular flexibility index (Phi) is 17.6. The van der Waals surface area contributed by atoms with Gasteiger partial charge in [0.05, 0.1) is 0 Å². The summed E-state index contributed by atoms with van der Waals surface area (Å²) < 4.78 is 26.6. The Hall–Kier alpha value is -5.47. The molecule has 2 aliphatic carbocycles. The molecule has 0 amide bonds. The summed E-state index contributed by atoms with van der Waals surface area (Å²) in [6, 6.07) is 41.3. The average Bonchev–Trinajstić information content (AvgIpc) is 3.28. The third-order valence-corrected chi connectivity index (χ3v) is 12.4. The van der Waals surface area contributed by atoms with Gasteiger partial charge >= 0.3 is 0 Å². The summed E-state index contributed by atoms with van der Waals surface area (Å²) in [5.74, 6) is 0. The van der Waals surface area contributed by atoms with Crippen LogP contribution >= 0.6 is 47.0 Å². The first-order chi connectivity index (χ1) is 30.1. The fraction of sp³-hybridized carbons (Fsp3) is 0.0800. The largest absolute Gasteiger partial charge is 0.867 e. The number of rotatable bonds is 8. The van der Waals surface area contributed by atoms with Crippen LogP contribution in [-0.2, 0) is 9.47 Å². The summed E-state index contributed by atoms with van der Waals surface area (Å²) in [6.07, 6.45) is 25.7. The molecule has 4 aromatic rings. The second-order valence-electron chi connectivity index (χ2n) is 13.8. The maximum Gasteiger partial charge on any atom is 0.199 e. The topological polar surface area (TPSA) is 70.6 Å². The van der Waals surface area contributed by atoms with Gasteiger partial charge in [0.1, 0.15) is 35.6 Å². The SMILES string of the molecule is C[N+](C)=C1C=CC(=C2C=C(Sc3ccccc3)OC(Sc3ccccc3)=C2)C=C1.C[N+](C)=C1C=CC(=C2C=C(Sc3ccccc3)OC(Sc3ccccc3)=C2)C=C1.[O-]B([O-])F. The molecule has 4 aromatic carbocycles. The van der Waals surface area contributed by atoms with Crippen LogP contribution in [0.5, 0.6) is 0 Å². The van der Waals surface area contributed by atoms with Crippen molar-refractivity contribution < 1.29 is 33.0 Å². The van der Waals surface area contributed by atoms with Gasteiger partial charge in [0.15, 0.2) is 31.8 Å². The first-order valence-corrected chi connectivity index (χ1v) is 22.7. The van der Waals surface area contributed by atoms with Crippen LogP contribution in [0.15, 0.2) is 256 Å². The number of halogens is 1. The van der Waals surface area contributed by atoms with E-state index in [2.05, 4.69) is 159 Å². The van der Waals surface area contributed by atoms with Gasteiger partial charge in [-0.25, -0.2) is 9.15 Å². The van der Waals surface area contributed by atoms with E-state index in [4.69, 9.17) is 19.5 Å². The van der Waals surface area contributed by atoms with Gasteiger partial charge in [0, 0.05) is 43.9 Å². The minimum Gasteiger partial charge on any atom is -0.867 e. The van der Waals surface area contributed by atoms with E-state index in [-0.39, 0.29) is 0 Å². The van der Waals surface area contributed by atoms with Crippen molar-refractivity contribution in [2.75, 3.05) is 28.2 Å². The molecule has 6 nitrogen and oxygen atoms in total. The molecule has 8 rings (SSSR count). The van der Waals surface area contributed by atoms with Crippen molar-refractivity contribution in [3.63, 3.8) is 0 Å². The van der Waals surface area contributed by atoms with Crippen molar-refractivity contribution in [2.24, 2.45) is 0 Å². The fourth-order valence-electron chi connectivity index (χ4n) is 5.76. The van der Waals surface area contributed by atoms with Gasteiger partial charge in [-0.05, 0) is 119 Å². The summed E-state index contributed by atoms with van der Waals surface area (Å²) in [5.41, 5.74) is 7.03. The molecule has 0 saturated carbocycles. The van der Waals surface area contributed by atoms with E-state index in [0.717, 1.165) is 51.1 Å². The van der Waals surface area contributed by atoms with E-state index in [1.54, 1.807) is 47.0 Å². The lowest BCUT2D eigenvalue weighted by Crippen LogP contribution is -2.39. The minimum absolute atomic E-state index is 0.879. The van der Waals surface area contributed by atoms with Crippen molar-refractivity contribution in [2.45, 2.75) is 19.6 Å². The molecular formula is C50H44BFN2O4S4. The minimum atomic E-state index is -3.17. The van der Waals surface area contributed by atoms with E-state index in [1.165, 1.54) is 22.6 Å². The fourth-order valence-corrected chi connectivity index (χ4v) is 9.24. The second kappa shape index (κ2) is 23.7. The molecule has 0 bridgehead atoms. The highest BCUT2D eigenvalue weighted by Crippen LogP contribution is 2.41. The van der Waals surface area contributed by atoms with Gasteiger partial charge < -0.3 is 23.8 Å². The highest BCUT2D eigenvalue weighted by molar-refractivity contribution is 8.04. The Morgan fingerprint density at radius 3 is 0.823 bits per heavy atom. The van der Waals surface area contributed by atoms with Crippen LogP contribution < -0.4 is 10.0 Å². The van der Waals surface area contributed by atoms with Gasteiger partial charge in [0.2, 0.25) is 0 Å². The Morgan fingerprint density at radius 2 is 0.613 bits per heavy atom. The van der Waals surface area contributed by atoms with E-state index in [1.807, 2.05) is 72.8 Å². The number of hydrogen-bond donors (Lipinski definition) is 0. The lowest BCUT2D eigenvalue weighted by atomic mass is 10.0. The molecule has 0 aromatic heterocycles. The molecule has 4 aliphatic rings. The Bertz CT molecular complexity index is 2230. The van der Waals surface area contributed by atoms with Crippen LogP contribution in [0.2, 0.25) is 0 Å². The molecule has 12 heteroatoms. The van der Waals surface area contributed by atoms with Crippen LogP contribution in [0, 0.1) is 0 Å². The molecule has 312 valence electrons. The van der Waals surface area contributed by atoms with Crippen LogP contribution in [0.4, 0.5) is 4.32 Å². The van der Waals surface area contributed by atoms with Gasteiger partial charge in [-0.2, -0.15) is 0 Å². The van der Waals surface area contributed by atoms with Crippen molar-refractivity contribution in [1.29, 1.82) is 0 Å². The van der Waals surface area contributed by atoms with Gasteiger partial charge in [-0.3, -0.25) is 0 Å². The van der Waals surface area contributed by atoms with Crippen molar-refractivity contribution in [3.8, 4) is 0 Å². The van der Waals surface area contributed by atoms with Gasteiger partial charge in [-0.15, -0.1) is 0 Å². The molecular weight excluding hydrogens is 851 g/mol. The average molecular weight is 895 g/mol. The zero-order valence-electron chi connectivity index (χ0n) is 34.6. The zero-order chi connectivity index (χ0) is 43.7. The number of nitrogens with zero attached hydrogens (tertiary/aromatic N) is 2. The van der Waals surface area contributed by atoms with E-state index in [9.17, 15) is 4.32 Å². The summed E-state index contributed by atoms with van der Waals surface area (Å²) >= 11 is 6.56. The molecule has 62 heavy (non-hydrogen) atoms. The molecule has 0 fully saturated rings. The smallest absolute Gasteiger partial charge is 0.199 e. The lowest BCUT2D eigenvalue weighted by Gasteiger charge is -2.19. The van der Waals surface area contributed by atoms with Crippen LogP contribution in [0.3, 0.4) is 0 Å². The Labute approximate surface area is 381 Å². The first-order valence-electron chi connectivity index (χ1n) is 19.5. The maximum atomic E-state index is 9.89. The normalized spacial score (nSPS) is 15.1. The maximum absolute atomic E-state index is 9.89. The second-order valence-corrected chi connectivity index (χ2v) is 18.1. The molecule has 0 atom stereocenters. The van der Waals surface area contributed by atoms with Crippen LogP contribution in [0.1, 0.15) is 0 Å². The van der Waals surface area contributed by atoms with Crippen molar-refractivity contribution >= 4 is 65.9 Å². The molecule has 0 spiro atoms. The zero-order valence-corrected chi connectivity index (χ0v) is 37.9. The Morgan fingerprint density at radius 1 is 0.387 bits per heavy atom. The quantitative estimate of drug-likeness (QED) is 0.128. The van der Waals surface area contributed by atoms with E-state index in [0.29, 0.717) is 0 Å². The van der Waals surface area contributed by atoms with E-state index < -0.39 is 7.40 Å². The number of thioether (sulfide) groups is 4. The van der Waals surface area contributed by atoms with Gasteiger partial charge in [0.25, 0.3) is 0 Å². The van der Waals surface area contributed by atoms with E-state index >= 15 is 0 Å². The standard InChI is InChI=1S/2C25H22NOS2.BFO2/c2*1-26(2)21-15-13-19(14-16-21)20-17-24(28-22-9-5-3-6-10-22)27-25(18-20)29-23-11-7-4-8-12-23;2-1(3)4/h2*3-18H,1-2H3;/q2*+1;-2. The molecule has 2 heterocycles. The van der Waals surface area contributed by atoms with Crippen molar-refractivity contribution in [3.05, 3.63) is 237 Å². The molecule has 2 aliphatic heterocycles. The number of ether oxygens (including phenoxy) is 2. The highest BCUT2D eigenvalue weighted by atomic mass is 32.2. The monoisotopic (exact) mass is 894 g/mol. The summed E-state index contributed by atoms with van der Waals surface area (Å²) in [7, 11) is 5.05. The highest BCUT2D eigenvalue weighted by Gasteiger charge is 2.19.